The molecule has 3 heterocycles. The number of aryl methyl sites for hydroxylation is 1. The Hall–Kier alpha value is -2.57. The Morgan fingerprint density at radius 3 is 2.76 bits per heavy atom. The van der Waals surface area contributed by atoms with Gasteiger partial charge in [0, 0.05) is 25.1 Å². The van der Waals surface area contributed by atoms with Crippen LogP contribution in [0.3, 0.4) is 0 Å². The molecular formula is C22H30N4O3. The molecule has 0 aliphatic carbocycles. The van der Waals surface area contributed by atoms with Crippen LogP contribution in [0.15, 0.2) is 18.2 Å². The number of ether oxygens (including phenoxy) is 2. The molecule has 1 aromatic carbocycles. The molecule has 1 aromatic heterocycles. The maximum absolute atomic E-state index is 13.4. The fourth-order valence-electron chi connectivity index (χ4n) is 4.35. The van der Waals surface area contributed by atoms with Crippen molar-refractivity contribution in [2.45, 2.75) is 71.1 Å². The Labute approximate surface area is 172 Å². The number of carbonyl (C=O) groups excluding carboxylic acids is 1. The van der Waals surface area contributed by atoms with Gasteiger partial charge in [0.2, 0.25) is 0 Å². The Morgan fingerprint density at radius 2 is 1.97 bits per heavy atom. The molecule has 0 bridgehead atoms. The number of amides is 1. The molecule has 7 nitrogen and oxygen atoms in total. The van der Waals surface area contributed by atoms with Crippen LogP contribution in [0.4, 0.5) is 0 Å². The number of aromatic nitrogens is 3. The Morgan fingerprint density at radius 1 is 1.10 bits per heavy atom. The standard InChI is InChI=1S/C22H30N4O3/c1-15(2)29-18-11-10-16(14-19(18)28-3)22(27)25-13-7-8-17(25)21-24-23-20-9-5-4-6-12-26(20)21/h10-11,14-15,17H,4-9,12-13H2,1-3H3. The van der Waals surface area contributed by atoms with E-state index >= 15 is 0 Å². The number of likely N-dealkylation sites (tertiary alicyclic amines) is 1. The van der Waals surface area contributed by atoms with Gasteiger partial charge < -0.3 is 18.9 Å². The van der Waals surface area contributed by atoms with Crippen molar-refractivity contribution in [2.75, 3.05) is 13.7 Å². The molecule has 0 saturated carbocycles. The van der Waals surface area contributed by atoms with Gasteiger partial charge in [0.25, 0.3) is 5.91 Å². The summed E-state index contributed by atoms with van der Waals surface area (Å²) in [4.78, 5) is 15.3. The van der Waals surface area contributed by atoms with E-state index in [0.717, 1.165) is 56.8 Å². The van der Waals surface area contributed by atoms with E-state index in [1.165, 1.54) is 6.42 Å². The van der Waals surface area contributed by atoms with Crippen LogP contribution in [0.25, 0.3) is 0 Å². The van der Waals surface area contributed by atoms with Gasteiger partial charge in [0.1, 0.15) is 5.82 Å². The molecule has 2 aromatic rings. The van der Waals surface area contributed by atoms with Gasteiger partial charge in [-0.15, -0.1) is 10.2 Å². The van der Waals surface area contributed by atoms with Crippen molar-refractivity contribution >= 4 is 5.91 Å². The monoisotopic (exact) mass is 398 g/mol. The molecule has 156 valence electrons. The minimum atomic E-state index is -0.0144. The van der Waals surface area contributed by atoms with Gasteiger partial charge in [-0.1, -0.05) is 6.42 Å². The van der Waals surface area contributed by atoms with Crippen LogP contribution >= 0.6 is 0 Å². The molecule has 1 atom stereocenters. The maximum Gasteiger partial charge on any atom is 0.254 e. The van der Waals surface area contributed by atoms with Crippen molar-refractivity contribution in [3.8, 4) is 11.5 Å². The van der Waals surface area contributed by atoms with Crippen molar-refractivity contribution in [1.82, 2.24) is 19.7 Å². The van der Waals surface area contributed by atoms with Gasteiger partial charge in [-0.2, -0.15) is 0 Å². The van der Waals surface area contributed by atoms with E-state index in [1.807, 2.05) is 30.9 Å². The molecule has 29 heavy (non-hydrogen) atoms. The molecule has 2 aliphatic rings. The minimum absolute atomic E-state index is 0.00729. The minimum Gasteiger partial charge on any atom is -0.493 e. The van der Waals surface area contributed by atoms with Crippen molar-refractivity contribution < 1.29 is 14.3 Å². The summed E-state index contributed by atoms with van der Waals surface area (Å²) in [5, 5.41) is 8.94. The van der Waals surface area contributed by atoms with E-state index in [4.69, 9.17) is 9.47 Å². The number of hydrogen-bond acceptors (Lipinski definition) is 5. The van der Waals surface area contributed by atoms with Crippen molar-refractivity contribution in [3.63, 3.8) is 0 Å². The van der Waals surface area contributed by atoms with Crippen molar-refractivity contribution in [3.05, 3.63) is 35.4 Å². The Bertz CT molecular complexity index is 877. The molecule has 1 amide bonds. The second-order valence-electron chi connectivity index (χ2n) is 8.13. The molecule has 0 N–H and O–H groups in total. The average Bonchev–Trinajstić information content (AvgIpc) is 3.28. The highest BCUT2D eigenvalue weighted by molar-refractivity contribution is 5.95. The zero-order valence-electron chi connectivity index (χ0n) is 17.6. The van der Waals surface area contributed by atoms with Crippen LogP contribution in [-0.4, -0.2) is 45.3 Å². The van der Waals surface area contributed by atoms with Crippen LogP contribution in [0, 0.1) is 0 Å². The smallest absolute Gasteiger partial charge is 0.254 e. The summed E-state index contributed by atoms with van der Waals surface area (Å²) in [7, 11) is 1.60. The summed E-state index contributed by atoms with van der Waals surface area (Å²) in [6, 6.07) is 5.40. The highest BCUT2D eigenvalue weighted by atomic mass is 16.5. The van der Waals surface area contributed by atoms with Gasteiger partial charge >= 0.3 is 0 Å². The maximum atomic E-state index is 13.4. The Balaban J connectivity index is 1.59. The van der Waals surface area contributed by atoms with Crippen LogP contribution in [0.1, 0.15) is 74.0 Å². The van der Waals surface area contributed by atoms with Gasteiger partial charge in [-0.25, -0.2) is 0 Å². The lowest BCUT2D eigenvalue weighted by atomic mass is 10.1. The summed E-state index contributed by atoms with van der Waals surface area (Å²) in [6.45, 7) is 5.62. The number of rotatable bonds is 5. The van der Waals surface area contributed by atoms with Crippen molar-refractivity contribution in [1.29, 1.82) is 0 Å². The zero-order chi connectivity index (χ0) is 20.4. The summed E-state index contributed by atoms with van der Waals surface area (Å²) < 4.78 is 13.5. The second-order valence-corrected chi connectivity index (χ2v) is 8.13. The first kappa shape index (κ1) is 19.7. The van der Waals surface area contributed by atoms with Crippen molar-refractivity contribution in [2.24, 2.45) is 0 Å². The number of carbonyl (C=O) groups is 1. The highest BCUT2D eigenvalue weighted by Gasteiger charge is 2.35. The topological polar surface area (TPSA) is 69.5 Å². The van der Waals surface area contributed by atoms with Gasteiger partial charge in [-0.3, -0.25) is 4.79 Å². The first-order chi connectivity index (χ1) is 14.1. The summed E-state index contributed by atoms with van der Waals surface area (Å²) in [5.41, 5.74) is 0.612. The molecular weight excluding hydrogens is 368 g/mol. The van der Waals surface area contributed by atoms with Crippen LogP contribution in [0.5, 0.6) is 11.5 Å². The predicted octanol–water partition coefficient (Wildman–Crippen LogP) is 3.78. The third-order valence-corrected chi connectivity index (χ3v) is 5.72. The zero-order valence-corrected chi connectivity index (χ0v) is 17.6. The van der Waals surface area contributed by atoms with E-state index in [-0.39, 0.29) is 18.1 Å². The van der Waals surface area contributed by atoms with Gasteiger partial charge in [0.05, 0.1) is 19.3 Å². The molecule has 2 aliphatic heterocycles. The van der Waals surface area contributed by atoms with E-state index < -0.39 is 0 Å². The third kappa shape index (κ3) is 3.95. The highest BCUT2D eigenvalue weighted by Crippen LogP contribution is 2.35. The van der Waals surface area contributed by atoms with E-state index in [0.29, 0.717) is 17.1 Å². The summed E-state index contributed by atoms with van der Waals surface area (Å²) >= 11 is 0. The molecule has 0 radical (unpaired) electrons. The number of methoxy groups -OCH3 is 1. The number of benzene rings is 1. The largest absolute Gasteiger partial charge is 0.493 e. The molecule has 1 fully saturated rings. The molecule has 7 heteroatoms. The molecule has 0 spiro atoms. The average molecular weight is 399 g/mol. The lowest BCUT2D eigenvalue weighted by Gasteiger charge is -2.25. The summed E-state index contributed by atoms with van der Waals surface area (Å²) in [5.74, 6) is 3.25. The number of hydrogen-bond donors (Lipinski definition) is 0. The first-order valence-electron chi connectivity index (χ1n) is 10.7. The van der Waals surface area contributed by atoms with Gasteiger partial charge in [0.15, 0.2) is 17.3 Å². The van der Waals surface area contributed by atoms with Gasteiger partial charge in [-0.05, 0) is 57.7 Å². The van der Waals surface area contributed by atoms with E-state index in [2.05, 4.69) is 14.8 Å². The van der Waals surface area contributed by atoms with Crippen LogP contribution < -0.4 is 9.47 Å². The first-order valence-corrected chi connectivity index (χ1v) is 10.7. The predicted molar refractivity (Wildman–Crippen MR) is 109 cm³/mol. The van der Waals surface area contributed by atoms with Crippen LogP contribution in [0.2, 0.25) is 0 Å². The fourth-order valence-corrected chi connectivity index (χ4v) is 4.35. The molecule has 1 unspecified atom stereocenters. The Kier molecular flexibility index (Phi) is 5.74. The summed E-state index contributed by atoms with van der Waals surface area (Å²) in [6.07, 6.45) is 6.45. The normalized spacial score (nSPS) is 19.2. The third-order valence-electron chi connectivity index (χ3n) is 5.72. The quantitative estimate of drug-likeness (QED) is 0.767. The SMILES string of the molecule is COc1cc(C(=O)N2CCCC2c2nnc3n2CCCCC3)ccc1OC(C)C. The lowest BCUT2D eigenvalue weighted by molar-refractivity contribution is 0.0726. The number of fused-ring (bicyclic) bond motifs is 1. The lowest BCUT2D eigenvalue weighted by Crippen LogP contribution is -2.32. The molecule has 1 saturated heterocycles. The van der Waals surface area contributed by atoms with E-state index in [9.17, 15) is 4.79 Å². The van der Waals surface area contributed by atoms with Crippen LogP contribution in [-0.2, 0) is 13.0 Å². The fraction of sp³-hybridized carbons (Fsp3) is 0.591. The second kappa shape index (κ2) is 8.43. The molecule has 4 rings (SSSR count). The number of nitrogens with zero attached hydrogens (tertiary/aromatic N) is 4. The van der Waals surface area contributed by atoms with E-state index in [1.54, 1.807) is 13.2 Å².